The Labute approximate surface area is 121 Å². The number of halogens is 1. The van der Waals surface area contributed by atoms with Crippen LogP contribution in [0, 0.1) is 3.57 Å². The van der Waals surface area contributed by atoms with Gasteiger partial charge >= 0.3 is 0 Å². The molecule has 18 heavy (non-hydrogen) atoms. The van der Waals surface area contributed by atoms with E-state index < -0.39 is 0 Å². The van der Waals surface area contributed by atoms with Crippen LogP contribution < -0.4 is 5.32 Å². The molecule has 0 atom stereocenters. The van der Waals surface area contributed by atoms with Gasteiger partial charge in [0.25, 0.3) is 0 Å². The van der Waals surface area contributed by atoms with Crippen LogP contribution >= 0.6 is 22.6 Å². The average molecular weight is 356 g/mol. The van der Waals surface area contributed by atoms with Gasteiger partial charge in [-0.05, 0) is 41.6 Å². The lowest BCUT2D eigenvalue weighted by Crippen LogP contribution is -2.17. The molecule has 1 aromatic heterocycles. The number of nitrogens with one attached hydrogen (secondary N) is 1. The van der Waals surface area contributed by atoms with Gasteiger partial charge in [-0.3, -0.25) is 0 Å². The summed E-state index contributed by atoms with van der Waals surface area (Å²) in [4.78, 5) is 4.32. The molecule has 0 aliphatic carbocycles. The summed E-state index contributed by atoms with van der Waals surface area (Å²) in [7, 11) is 0. The number of nitrogens with zero attached hydrogens (tertiary/aromatic N) is 1. The summed E-state index contributed by atoms with van der Waals surface area (Å²) in [5.74, 6) is 1.65. The maximum absolute atomic E-state index is 5.77. The average Bonchev–Trinajstić information content (AvgIpc) is 2.84. The van der Waals surface area contributed by atoms with Crippen molar-refractivity contribution >= 4 is 22.6 Å². The van der Waals surface area contributed by atoms with Crippen molar-refractivity contribution in [2.24, 2.45) is 0 Å². The van der Waals surface area contributed by atoms with Gasteiger partial charge in [0.15, 0.2) is 11.7 Å². The molecule has 2 aromatic rings. The molecule has 0 aliphatic rings. The van der Waals surface area contributed by atoms with Crippen LogP contribution in [0.5, 0.6) is 0 Å². The SMILES string of the molecule is CCCNCCc1ncc(-c2ccccc2I)o1. The quantitative estimate of drug-likeness (QED) is 0.636. The van der Waals surface area contributed by atoms with Crippen LogP contribution in [-0.2, 0) is 6.42 Å². The topological polar surface area (TPSA) is 38.1 Å². The van der Waals surface area contributed by atoms with Gasteiger partial charge in [-0.2, -0.15) is 0 Å². The molecule has 0 bridgehead atoms. The van der Waals surface area contributed by atoms with E-state index in [1.807, 2.05) is 18.3 Å². The fraction of sp³-hybridized carbons (Fsp3) is 0.357. The van der Waals surface area contributed by atoms with E-state index in [4.69, 9.17) is 4.42 Å². The zero-order valence-corrected chi connectivity index (χ0v) is 12.6. The maximum Gasteiger partial charge on any atom is 0.196 e. The molecule has 2 rings (SSSR count). The molecule has 0 amide bonds. The zero-order chi connectivity index (χ0) is 12.8. The zero-order valence-electron chi connectivity index (χ0n) is 10.4. The Morgan fingerprint density at radius 1 is 1.28 bits per heavy atom. The Morgan fingerprint density at radius 3 is 2.89 bits per heavy atom. The van der Waals surface area contributed by atoms with E-state index in [-0.39, 0.29) is 0 Å². The summed E-state index contributed by atoms with van der Waals surface area (Å²) < 4.78 is 6.96. The minimum absolute atomic E-state index is 0.799. The Hall–Kier alpha value is -0.880. The van der Waals surface area contributed by atoms with Crippen LogP contribution in [0.2, 0.25) is 0 Å². The summed E-state index contributed by atoms with van der Waals surface area (Å²) >= 11 is 2.31. The third-order valence-corrected chi connectivity index (χ3v) is 3.58. The van der Waals surface area contributed by atoms with Gasteiger partial charge in [0.2, 0.25) is 0 Å². The first-order chi connectivity index (χ1) is 8.81. The van der Waals surface area contributed by atoms with Crippen molar-refractivity contribution in [1.29, 1.82) is 0 Å². The van der Waals surface area contributed by atoms with E-state index in [1.54, 1.807) is 0 Å². The van der Waals surface area contributed by atoms with E-state index in [2.05, 4.69) is 51.9 Å². The minimum Gasteiger partial charge on any atom is -0.441 e. The van der Waals surface area contributed by atoms with E-state index in [0.717, 1.165) is 43.1 Å². The summed E-state index contributed by atoms with van der Waals surface area (Å²) in [5.41, 5.74) is 1.11. The second kappa shape index (κ2) is 6.89. The Kier molecular flexibility index (Phi) is 5.19. The van der Waals surface area contributed by atoms with Crippen molar-refractivity contribution in [3.63, 3.8) is 0 Å². The molecule has 0 fully saturated rings. The molecule has 0 saturated carbocycles. The second-order valence-electron chi connectivity index (χ2n) is 4.10. The van der Waals surface area contributed by atoms with Gasteiger partial charge in [-0.25, -0.2) is 4.98 Å². The number of hydrogen-bond donors (Lipinski definition) is 1. The summed E-state index contributed by atoms with van der Waals surface area (Å²) in [6.07, 6.45) is 3.80. The molecule has 1 N–H and O–H groups in total. The predicted octanol–water partition coefficient (Wildman–Crippen LogP) is 3.49. The summed E-state index contributed by atoms with van der Waals surface area (Å²) in [6, 6.07) is 8.17. The normalized spacial score (nSPS) is 10.8. The first-order valence-electron chi connectivity index (χ1n) is 6.21. The first-order valence-corrected chi connectivity index (χ1v) is 7.29. The summed E-state index contributed by atoms with van der Waals surface area (Å²) in [6.45, 7) is 4.12. The molecular formula is C14H17IN2O. The molecule has 0 saturated heterocycles. The number of hydrogen-bond acceptors (Lipinski definition) is 3. The smallest absolute Gasteiger partial charge is 0.196 e. The van der Waals surface area contributed by atoms with Crippen LogP contribution in [0.3, 0.4) is 0 Å². The lowest BCUT2D eigenvalue weighted by atomic mass is 10.2. The van der Waals surface area contributed by atoms with Crippen molar-refractivity contribution in [1.82, 2.24) is 10.3 Å². The number of rotatable bonds is 6. The molecule has 0 unspecified atom stereocenters. The standard InChI is InChI=1S/C14H17IN2O/c1-2-8-16-9-7-14-17-10-13(18-14)11-5-3-4-6-12(11)15/h3-6,10,16H,2,7-9H2,1H3. The largest absolute Gasteiger partial charge is 0.441 e. The highest BCUT2D eigenvalue weighted by Gasteiger charge is 2.08. The van der Waals surface area contributed by atoms with Gasteiger partial charge in [0.1, 0.15) is 0 Å². The lowest BCUT2D eigenvalue weighted by molar-refractivity contribution is 0.495. The highest BCUT2D eigenvalue weighted by Crippen LogP contribution is 2.25. The fourth-order valence-electron chi connectivity index (χ4n) is 1.71. The van der Waals surface area contributed by atoms with Gasteiger partial charge in [0.05, 0.1) is 6.20 Å². The molecule has 3 nitrogen and oxygen atoms in total. The highest BCUT2D eigenvalue weighted by molar-refractivity contribution is 14.1. The highest BCUT2D eigenvalue weighted by atomic mass is 127. The van der Waals surface area contributed by atoms with Gasteiger partial charge in [-0.1, -0.05) is 25.1 Å². The minimum atomic E-state index is 0.799. The van der Waals surface area contributed by atoms with Crippen LogP contribution in [0.15, 0.2) is 34.9 Å². The Morgan fingerprint density at radius 2 is 2.11 bits per heavy atom. The molecular weight excluding hydrogens is 339 g/mol. The van der Waals surface area contributed by atoms with Crippen molar-refractivity contribution in [2.45, 2.75) is 19.8 Å². The van der Waals surface area contributed by atoms with Gasteiger partial charge < -0.3 is 9.73 Å². The number of aromatic nitrogens is 1. The summed E-state index contributed by atoms with van der Waals surface area (Å²) in [5, 5.41) is 3.34. The lowest BCUT2D eigenvalue weighted by Gasteiger charge is -2.00. The molecule has 0 radical (unpaired) electrons. The fourth-order valence-corrected chi connectivity index (χ4v) is 2.36. The molecule has 0 spiro atoms. The van der Waals surface area contributed by atoms with Crippen molar-refractivity contribution in [2.75, 3.05) is 13.1 Å². The van der Waals surface area contributed by atoms with E-state index in [0.29, 0.717) is 0 Å². The Bertz CT molecular complexity index is 496. The number of benzene rings is 1. The second-order valence-corrected chi connectivity index (χ2v) is 5.26. The van der Waals surface area contributed by atoms with Crippen molar-refractivity contribution in [3.8, 4) is 11.3 Å². The predicted molar refractivity (Wildman–Crippen MR) is 81.5 cm³/mol. The molecule has 4 heteroatoms. The monoisotopic (exact) mass is 356 g/mol. The molecule has 96 valence electrons. The third-order valence-electron chi connectivity index (χ3n) is 2.64. The van der Waals surface area contributed by atoms with Gasteiger partial charge in [-0.15, -0.1) is 0 Å². The molecule has 1 aromatic carbocycles. The molecule has 0 aliphatic heterocycles. The third kappa shape index (κ3) is 3.55. The Balaban J connectivity index is 2.00. The van der Waals surface area contributed by atoms with E-state index >= 15 is 0 Å². The number of oxazole rings is 1. The van der Waals surface area contributed by atoms with E-state index in [9.17, 15) is 0 Å². The van der Waals surface area contributed by atoms with Crippen LogP contribution in [-0.4, -0.2) is 18.1 Å². The molecule has 1 heterocycles. The van der Waals surface area contributed by atoms with Crippen molar-refractivity contribution in [3.05, 3.63) is 39.9 Å². The van der Waals surface area contributed by atoms with E-state index in [1.165, 1.54) is 3.57 Å². The maximum atomic E-state index is 5.77. The van der Waals surface area contributed by atoms with Crippen molar-refractivity contribution < 1.29 is 4.42 Å². The van der Waals surface area contributed by atoms with Crippen LogP contribution in [0.1, 0.15) is 19.2 Å². The van der Waals surface area contributed by atoms with Crippen LogP contribution in [0.4, 0.5) is 0 Å². The van der Waals surface area contributed by atoms with Gasteiger partial charge in [0, 0.05) is 22.1 Å². The van der Waals surface area contributed by atoms with Crippen LogP contribution in [0.25, 0.3) is 11.3 Å². The first kappa shape index (κ1) is 13.5.